The van der Waals surface area contributed by atoms with Crippen molar-refractivity contribution in [2.75, 3.05) is 0 Å². The van der Waals surface area contributed by atoms with Crippen LogP contribution in [0.3, 0.4) is 0 Å². The summed E-state index contributed by atoms with van der Waals surface area (Å²) in [6.45, 7) is 11.0. The summed E-state index contributed by atoms with van der Waals surface area (Å²) in [5.74, 6) is 0.0415. The summed E-state index contributed by atoms with van der Waals surface area (Å²) < 4.78 is 0. The van der Waals surface area contributed by atoms with Crippen molar-refractivity contribution < 1.29 is 26.7 Å². The molecule has 0 rings (SSSR count). The summed E-state index contributed by atoms with van der Waals surface area (Å²) >= 11 is 0. The summed E-state index contributed by atoms with van der Waals surface area (Å²) in [4.78, 5) is 23.0. The predicted octanol–water partition coefficient (Wildman–Crippen LogP) is 2.60. The average Bonchev–Trinajstić information content (AvgIpc) is 1.82. The van der Waals surface area contributed by atoms with Gasteiger partial charge in [0.25, 0.3) is 0 Å². The molecular formula is C11H20FeO2+3. The minimum atomic E-state index is -0.402. The van der Waals surface area contributed by atoms with Crippen LogP contribution in [-0.4, -0.2) is 11.6 Å². The van der Waals surface area contributed by atoms with Gasteiger partial charge in [0.05, 0.1) is 6.42 Å². The van der Waals surface area contributed by atoms with Crippen LogP contribution < -0.4 is 0 Å². The zero-order chi connectivity index (χ0) is 10.9. The predicted molar refractivity (Wildman–Crippen MR) is 53.5 cm³/mol. The third-order valence-electron chi connectivity index (χ3n) is 1.99. The summed E-state index contributed by atoms with van der Waals surface area (Å²) in [7, 11) is 0. The molecule has 14 heavy (non-hydrogen) atoms. The van der Waals surface area contributed by atoms with Crippen molar-refractivity contribution in [2.45, 2.75) is 48.0 Å². The van der Waals surface area contributed by atoms with Crippen molar-refractivity contribution >= 4 is 11.6 Å². The quantitative estimate of drug-likeness (QED) is 0.549. The van der Waals surface area contributed by atoms with Crippen LogP contribution in [0.1, 0.15) is 48.0 Å². The third-order valence-corrected chi connectivity index (χ3v) is 1.99. The van der Waals surface area contributed by atoms with Gasteiger partial charge in [-0.3, -0.25) is 9.59 Å². The molecule has 0 aromatic carbocycles. The first-order chi connectivity index (χ1) is 5.55. The van der Waals surface area contributed by atoms with Gasteiger partial charge >= 0.3 is 17.1 Å². The van der Waals surface area contributed by atoms with Crippen LogP contribution in [0.25, 0.3) is 0 Å². The van der Waals surface area contributed by atoms with Gasteiger partial charge < -0.3 is 0 Å². The number of ketones is 2. The van der Waals surface area contributed by atoms with E-state index >= 15 is 0 Å². The van der Waals surface area contributed by atoms with Crippen LogP contribution >= 0.6 is 0 Å². The Morgan fingerprint density at radius 2 is 1.00 bits per heavy atom. The molecule has 0 atom stereocenters. The zero-order valence-corrected chi connectivity index (χ0v) is 11.0. The number of rotatable bonds is 2. The van der Waals surface area contributed by atoms with Gasteiger partial charge in [-0.05, 0) is 0 Å². The Kier molecular flexibility index (Phi) is 5.92. The maximum absolute atomic E-state index is 11.5. The summed E-state index contributed by atoms with van der Waals surface area (Å²) in [6.07, 6.45) is 0.0625. The molecule has 0 N–H and O–H groups in total. The first kappa shape index (κ1) is 16.3. The molecule has 0 saturated carbocycles. The average molecular weight is 240 g/mol. The number of carbonyl (C=O) groups is 2. The molecular weight excluding hydrogens is 220 g/mol. The molecule has 0 saturated heterocycles. The van der Waals surface area contributed by atoms with E-state index < -0.39 is 10.8 Å². The van der Waals surface area contributed by atoms with Crippen LogP contribution in [0.2, 0.25) is 0 Å². The second kappa shape index (κ2) is 5.09. The van der Waals surface area contributed by atoms with Crippen LogP contribution in [0.5, 0.6) is 0 Å². The Morgan fingerprint density at radius 1 is 0.786 bits per heavy atom. The number of carbonyl (C=O) groups excluding carboxylic acids is 2. The Labute approximate surface area is 97.3 Å². The van der Waals surface area contributed by atoms with Gasteiger partial charge in [0.15, 0.2) is 0 Å². The van der Waals surface area contributed by atoms with E-state index in [1.54, 1.807) is 0 Å². The zero-order valence-electron chi connectivity index (χ0n) is 9.88. The van der Waals surface area contributed by atoms with Crippen molar-refractivity contribution in [3.8, 4) is 0 Å². The van der Waals surface area contributed by atoms with Crippen molar-refractivity contribution in [2.24, 2.45) is 10.8 Å². The molecule has 0 heterocycles. The molecule has 0 aliphatic carbocycles. The minimum Gasteiger partial charge on any atom is -0.299 e. The van der Waals surface area contributed by atoms with E-state index in [0.717, 1.165) is 0 Å². The van der Waals surface area contributed by atoms with Crippen LogP contribution in [0, 0.1) is 10.8 Å². The van der Waals surface area contributed by atoms with E-state index in [4.69, 9.17) is 0 Å². The van der Waals surface area contributed by atoms with E-state index in [9.17, 15) is 9.59 Å². The fourth-order valence-electron chi connectivity index (χ4n) is 0.676. The largest absolute Gasteiger partial charge is 3.00 e. The molecule has 0 spiro atoms. The standard InChI is InChI=1S/C11H20O2.Fe/c1-10(2,3)8(12)7-9(13)11(4,5)6;/h7H2,1-6H3;/q;+3. The Bertz CT molecular complexity index is 194. The second-order valence-corrected chi connectivity index (χ2v) is 5.52. The van der Waals surface area contributed by atoms with Gasteiger partial charge in [0.2, 0.25) is 0 Å². The number of hydrogen-bond donors (Lipinski definition) is 0. The van der Waals surface area contributed by atoms with E-state index in [-0.39, 0.29) is 35.1 Å². The van der Waals surface area contributed by atoms with Gasteiger partial charge in [-0.25, -0.2) is 0 Å². The Morgan fingerprint density at radius 3 is 1.14 bits per heavy atom. The molecule has 81 valence electrons. The van der Waals surface area contributed by atoms with Gasteiger partial charge in [0.1, 0.15) is 11.6 Å². The molecule has 0 amide bonds. The first-order valence-corrected chi connectivity index (χ1v) is 4.62. The SMILES string of the molecule is CC(C)(C)C(=O)CC(=O)C(C)(C)C.[Fe+3]. The van der Waals surface area contributed by atoms with E-state index in [0.29, 0.717) is 0 Å². The fourth-order valence-corrected chi connectivity index (χ4v) is 0.676. The number of hydrogen-bond acceptors (Lipinski definition) is 2. The van der Waals surface area contributed by atoms with Crippen LogP contribution in [0.4, 0.5) is 0 Å². The van der Waals surface area contributed by atoms with Crippen LogP contribution in [-0.2, 0) is 26.7 Å². The van der Waals surface area contributed by atoms with Crippen molar-refractivity contribution in [1.29, 1.82) is 0 Å². The van der Waals surface area contributed by atoms with E-state index in [2.05, 4.69) is 0 Å². The van der Waals surface area contributed by atoms with Gasteiger partial charge in [-0.2, -0.15) is 0 Å². The Hall–Kier alpha value is -0.141. The van der Waals surface area contributed by atoms with E-state index in [1.807, 2.05) is 41.5 Å². The first-order valence-electron chi connectivity index (χ1n) is 4.62. The number of Topliss-reactive ketones (excluding diaryl/α,β-unsaturated/α-hetero) is 2. The van der Waals surface area contributed by atoms with Gasteiger partial charge in [0, 0.05) is 10.8 Å². The van der Waals surface area contributed by atoms with Crippen LogP contribution in [0.15, 0.2) is 0 Å². The van der Waals surface area contributed by atoms with Gasteiger partial charge in [-0.15, -0.1) is 0 Å². The molecule has 0 aromatic rings. The minimum absolute atomic E-state index is 0. The van der Waals surface area contributed by atoms with Crippen molar-refractivity contribution in [3.63, 3.8) is 0 Å². The van der Waals surface area contributed by atoms with Crippen molar-refractivity contribution in [1.82, 2.24) is 0 Å². The van der Waals surface area contributed by atoms with Crippen molar-refractivity contribution in [3.05, 3.63) is 0 Å². The monoisotopic (exact) mass is 240 g/mol. The second-order valence-electron chi connectivity index (χ2n) is 5.52. The maximum Gasteiger partial charge on any atom is 3.00 e. The molecule has 0 aliphatic heterocycles. The molecule has 3 heteroatoms. The topological polar surface area (TPSA) is 34.1 Å². The molecule has 1 radical (unpaired) electrons. The fraction of sp³-hybridized carbons (Fsp3) is 0.818. The Balaban J connectivity index is 0. The van der Waals surface area contributed by atoms with Gasteiger partial charge in [-0.1, -0.05) is 41.5 Å². The smallest absolute Gasteiger partial charge is 0.299 e. The summed E-state index contributed by atoms with van der Waals surface area (Å²) in [5, 5.41) is 0. The normalized spacial score (nSPS) is 11.9. The molecule has 0 aliphatic rings. The molecule has 0 bridgehead atoms. The molecule has 0 fully saturated rings. The molecule has 0 unspecified atom stereocenters. The summed E-state index contributed by atoms with van der Waals surface area (Å²) in [5.41, 5.74) is -0.804. The maximum atomic E-state index is 11.5. The third kappa shape index (κ3) is 5.56. The van der Waals surface area contributed by atoms with E-state index in [1.165, 1.54) is 0 Å². The molecule has 2 nitrogen and oxygen atoms in total. The molecule has 0 aromatic heterocycles. The summed E-state index contributed by atoms with van der Waals surface area (Å²) in [6, 6.07) is 0.